The van der Waals surface area contributed by atoms with Crippen LogP contribution >= 0.6 is 15.9 Å². The van der Waals surface area contributed by atoms with Crippen LogP contribution in [0.1, 0.15) is 10.4 Å². The topological polar surface area (TPSA) is 26.3 Å². The number of carbonyl (C=O) groups excluding carboxylic acids is 1. The molecule has 0 heterocycles. The standard InChI is InChI=1S/C10H7BrO2/c1-3-10(12)8-5-4-7(13-2)6-9(8)11/h1,4-6H,2H3. The Kier molecular flexibility index (Phi) is 3.10. The van der Waals surface area contributed by atoms with E-state index < -0.39 is 0 Å². The molecular weight excluding hydrogens is 232 g/mol. The molecule has 13 heavy (non-hydrogen) atoms. The summed E-state index contributed by atoms with van der Waals surface area (Å²) in [6.07, 6.45) is 4.99. The molecule has 0 aromatic heterocycles. The van der Waals surface area contributed by atoms with Gasteiger partial charge in [0.2, 0.25) is 5.78 Å². The average Bonchev–Trinajstić information content (AvgIpc) is 2.16. The molecule has 0 aliphatic rings. The number of rotatable bonds is 2. The number of terminal acetylenes is 1. The highest BCUT2D eigenvalue weighted by molar-refractivity contribution is 9.10. The minimum atomic E-state index is -0.338. The molecule has 3 heteroatoms. The lowest BCUT2D eigenvalue weighted by Crippen LogP contribution is -1.96. The first kappa shape index (κ1) is 9.82. The maximum absolute atomic E-state index is 11.1. The van der Waals surface area contributed by atoms with Crippen molar-refractivity contribution in [3.8, 4) is 18.1 Å². The van der Waals surface area contributed by atoms with Crippen LogP contribution in [0.5, 0.6) is 5.75 Å². The number of hydrogen-bond acceptors (Lipinski definition) is 2. The van der Waals surface area contributed by atoms with Gasteiger partial charge in [0.05, 0.1) is 7.11 Å². The van der Waals surface area contributed by atoms with Gasteiger partial charge in [-0.3, -0.25) is 4.79 Å². The van der Waals surface area contributed by atoms with E-state index >= 15 is 0 Å². The van der Waals surface area contributed by atoms with Crippen molar-refractivity contribution < 1.29 is 9.53 Å². The van der Waals surface area contributed by atoms with Gasteiger partial charge in [-0.1, -0.05) is 0 Å². The van der Waals surface area contributed by atoms with Crippen LogP contribution in [0.3, 0.4) is 0 Å². The zero-order valence-electron chi connectivity index (χ0n) is 7.00. The number of Topliss-reactive ketones (excluding diaryl/α,β-unsaturated/α-hetero) is 1. The first-order chi connectivity index (χ1) is 6.19. The van der Waals surface area contributed by atoms with E-state index in [4.69, 9.17) is 11.2 Å². The summed E-state index contributed by atoms with van der Waals surface area (Å²) in [4.78, 5) is 11.1. The fourth-order valence-corrected chi connectivity index (χ4v) is 1.42. The molecule has 1 rings (SSSR count). The van der Waals surface area contributed by atoms with E-state index in [0.29, 0.717) is 15.8 Å². The summed E-state index contributed by atoms with van der Waals surface area (Å²) < 4.78 is 5.62. The number of benzene rings is 1. The zero-order valence-corrected chi connectivity index (χ0v) is 8.59. The molecule has 0 radical (unpaired) electrons. The molecule has 2 nitrogen and oxygen atoms in total. The molecule has 0 amide bonds. The van der Waals surface area contributed by atoms with E-state index in [1.54, 1.807) is 25.3 Å². The summed E-state index contributed by atoms with van der Waals surface area (Å²) in [5.74, 6) is 2.39. The fourth-order valence-electron chi connectivity index (χ4n) is 0.885. The van der Waals surface area contributed by atoms with Gasteiger partial charge in [0.15, 0.2) is 0 Å². The van der Waals surface area contributed by atoms with Crippen molar-refractivity contribution >= 4 is 21.7 Å². The first-order valence-electron chi connectivity index (χ1n) is 3.53. The summed E-state index contributed by atoms with van der Waals surface area (Å²) in [6, 6.07) is 5.02. The molecule has 0 aliphatic heterocycles. The van der Waals surface area contributed by atoms with E-state index in [1.807, 2.05) is 5.92 Å². The van der Waals surface area contributed by atoms with Crippen LogP contribution < -0.4 is 4.74 Å². The summed E-state index contributed by atoms with van der Waals surface area (Å²) in [6.45, 7) is 0. The highest BCUT2D eigenvalue weighted by Crippen LogP contribution is 2.22. The van der Waals surface area contributed by atoms with Gasteiger partial charge in [-0.2, -0.15) is 0 Å². The number of ketones is 1. The Hall–Kier alpha value is -1.27. The van der Waals surface area contributed by atoms with Crippen LogP contribution in [0.15, 0.2) is 22.7 Å². The monoisotopic (exact) mass is 238 g/mol. The molecule has 0 atom stereocenters. The Morgan fingerprint density at radius 3 is 2.77 bits per heavy atom. The third-order valence-corrected chi connectivity index (χ3v) is 2.21. The first-order valence-corrected chi connectivity index (χ1v) is 4.33. The fraction of sp³-hybridized carbons (Fsp3) is 0.100. The Balaban J connectivity index is 3.14. The number of halogens is 1. The largest absolute Gasteiger partial charge is 0.497 e. The quantitative estimate of drug-likeness (QED) is 0.449. The molecule has 0 bridgehead atoms. The lowest BCUT2D eigenvalue weighted by molar-refractivity contribution is 0.105. The zero-order chi connectivity index (χ0) is 9.84. The van der Waals surface area contributed by atoms with Gasteiger partial charge in [-0.25, -0.2) is 0 Å². The molecule has 0 saturated carbocycles. The smallest absolute Gasteiger partial charge is 0.236 e. The number of carbonyl (C=O) groups is 1. The maximum atomic E-state index is 11.1. The van der Waals surface area contributed by atoms with Crippen molar-refractivity contribution in [2.24, 2.45) is 0 Å². The molecule has 0 saturated heterocycles. The van der Waals surface area contributed by atoms with Crippen molar-refractivity contribution in [2.75, 3.05) is 7.11 Å². The van der Waals surface area contributed by atoms with Gasteiger partial charge < -0.3 is 4.74 Å². The molecule has 1 aromatic rings. The normalized spacial score (nSPS) is 9.00. The third-order valence-electron chi connectivity index (χ3n) is 1.55. The Morgan fingerprint density at radius 2 is 2.31 bits per heavy atom. The second kappa shape index (κ2) is 4.11. The summed E-state index contributed by atoms with van der Waals surface area (Å²) in [5, 5.41) is 0. The van der Waals surface area contributed by atoms with Crippen LogP contribution in [0.2, 0.25) is 0 Å². The van der Waals surface area contributed by atoms with Crippen molar-refractivity contribution in [2.45, 2.75) is 0 Å². The van der Waals surface area contributed by atoms with Crippen molar-refractivity contribution in [3.63, 3.8) is 0 Å². The van der Waals surface area contributed by atoms with Crippen molar-refractivity contribution in [1.29, 1.82) is 0 Å². The summed E-state index contributed by atoms with van der Waals surface area (Å²) in [5.41, 5.74) is 0.475. The van der Waals surface area contributed by atoms with Crippen molar-refractivity contribution in [3.05, 3.63) is 28.2 Å². The van der Waals surface area contributed by atoms with E-state index in [2.05, 4.69) is 15.9 Å². The summed E-state index contributed by atoms with van der Waals surface area (Å²) in [7, 11) is 1.56. The van der Waals surface area contributed by atoms with Gasteiger partial charge in [-0.05, 0) is 40.0 Å². The van der Waals surface area contributed by atoms with E-state index in [1.165, 1.54) is 0 Å². The third kappa shape index (κ3) is 2.10. The molecular formula is C10H7BrO2. The molecule has 0 aliphatic carbocycles. The number of hydrogen-bond donors (Lipinski definition) is 0. The van der Waals surface area contributed by atoms with Crippen LogP contribution in [-0.2, 0) is 0 Å². The highest BCUT2D eigenvalue weighted by Gasteiger charge is 2.07. The Morgan fingerprint density at radius 1 is 1.62 bits per heavy atom. The van der Waals surface area contributed by atoms with Gasteiger partial charge in [0, 0.05) is 10.0 Å². The van der Waals surface area contributed by atoms with Gasteiger partial charge in [0.25, 0.3) is 0 Å². The Labute approximate surface area is 85.0 Å². The minimum Gasteiger partial charge on any atom is -0.497 e. The maximum Gasteiger partial charge on any atom is 0.236 e. The van der Waals surface area contributed by atoms with Gasteiger partial charge in [0.1, 0.15) is 5.75 Å². The predicted molar refractivity (Wildman–Crippen MR) is 53.9 cm³/mol. The molecule has 66 valence electrons. The van der Waals surface area contributed by atoms with E-state index in [9.17, 15) is 4.79 Å². The molecule has 0 fully saturated rings. The summed E-state index contributed by atoms with van der Waals surface area (Å²) >= 11 is 3.23. The SMILES string of the molecule is C#CC(=O)c1ccc(OC)cc1Br. The Bertz CT molecular complexity index is 377. The second-order valence-corrected chi connectivity index (χ2v) is 3.17. The van der Waals surface area contributed by atoms with Crippen LogP contribution in [-0.4, -0.2) is 12.9 Å². The second-order valence-electron chi connectivity index (χ2n) is 2.32. The van der Waals surface area contributed by atoms with E-state index in [-0.39, 0.29) is 5.78 Å². The number of ether oxygens (including phenoxy) is 1. The van der Waals surface area contributed by atoms with E-state index in [0.717, 1.165) is 0 Å². The highest BCUT2D eigenvalue weighted by atomic mass is 79.9. The van der Waals surface area contributed by atoms with Crippen LogP contribution in [0, 0.1) is 12.3 Å². The van der Waals surface area contributed by atoms with Crippen LogP contribution in [0.4, 0.5) is 0 Å². The molecule has 1 aromatic carbocycles. The minimum absolute atomic E-state index is 0.338. The van der Waals surface area contributed by atoms with Crippen LogP contribution in [0.25, 0.3) is 0 Å². The molecule has 0 unspecified atom stereocenters. The lowest BCUT2D eigenvalue weighted by atomic mass is 10.1. The number of methoxy groups -OCH3 is 1. The molecule has 0 spiro atoms. The van der Waals surface area contributed by atoms with Gasteiger partial charge >= 0.3 is 0 Å². The van der Waals surface area contributed by atoms with Gasteiger partial charge in [-0.15, -0.1) is 6.42 Å². The lowest BCUT2D eigenvalue weighted by Gasteiger charge is -2.02. The molecule has 0 N–H and O–H groups in total. The van der Waals surface area contributed by atoms with Crippen molar-refractivity contribution in [1.82, 2.24) is 0 Å². The predicted octanol–water partition coefficient (Wildman–Crippen LogP) is 2.27. The average molecular weight is 239 g/mol.